The fourth-order valence-corrected chi connectivity index (χ4v) is 2.59. The van der Waals surface area contributed by atoms with Crippen molar-refractivity contribution < 1.29 is 4.79 Å². The minimum absolute atomic E-state index is 0.322. The number of urea groups is 1. The second-order valence-corrected chi connectivity index (χ2v) is 5.46. The molecule has 0 atom stereocenters. The molecule has 1 saturated heterocycles. The number of unbranched alkanes of at least 4 members (excludes halogenated alkanes) is 1. The fourth-order valence-electron chi connectivity index (χ4n) is 2.59. The van der Waals surface area contributed by atoms with Crippen molar-refractivity contribution in [3.63, 3.8) is 0 Å². The molecule has 0 radical (unpaired) electrons. The van der Waals surface area contributed by atoms with E-state index < -0.39 is 0 Å². The maximum Gasteiger partial charge on any atom is 0.320 e. The van der Waals surface area contributed by atoms with Crippen LogP contribution in [0.2, 0.25) is 0 Å². The number of carbonyl (C=O) groups excluding carboxylic acids is 1. The topological polar surface area (TPSA) is 23.6 Å². The average Bonchev–Trinajstić information content (AvgIpc) is 3.16. The van der Waals surface area contributed by atoms with E-state index in [1.807, 2.05) is 0 Å². The smallest absolute Gasteiger partial charge is 0.320 e. The van der Waals surface area contributed by atoms with Crippen LogP contribution in [-0.2, 0) is 0 Å². The molecule has 0 bridgehead atoms. The molecule has 0 N–H and O–H groups in total. The van der Waals surface area contributed by atoms with Gasteiger partial charge >= 0.3 is 6.03 Å². The van der Waals surface area contributed by atoms with E-state index in [2.05, 4.69) is 16.7 Å². The highest BCUT2D eigenvalue weighted by Gasteiger charge is 2.34. The number of nitrogens with zero attached hydrogens (tertiary/aromatic N) is 2. The van der Waals surface area contributed by atoms with Crippen molar-refractivity contribution in [1.29, 1.82) is 0 Å². The van der Waals surface area contributed by atoms with E-state index in [0.29, 0.717) is 12.1 Å². The maximum atomic E-state index is 12.5. The molecule has 2 fully saturated rings. The van der Waals surface area contributed by atoms with E-state index in [1.54, 1.807) is 0 Å². The SMILES string of the molecule is CCCCN(C(=O)N1CCCCCC1)C1CC1. The summed E-state index contributed by atoms with van der Waals surface area (Å²) in [7, 11) is 0. The lowest BCUT2D eigenvalue weighted by molar-refractivity contribution is 0.150. The number of amides is 2. The van der Waals surface area contributed by atoms with Crippen LogP contribution >= 0.6 is 0 Å². The highest BCUT2D eigenvalue weighted by atomic mass is 16.2. The summed E-state index contributed by atoms with van der Waals surface area (Å²) in [5.41, 5.74) is 0. The summed E-state index contributed by atoms with van der Waals surface area (Å²) in [6, 6.07) is 0.889. The largest absolute Gasteiger partial charge is 0.325 e. The van der Waals surface area contributed by atoms with Gasteiger partial charge in [0.15, 0.2) is 0 Å². The van der Waals surface area contributed by atoms with Gasteiger partial charge in [0.05, 0.1) is 0 Å². The zero-order valence-electron chi connectivity index (χ0n) is 11.2. The van der Waals surface area contributed by atoms with Gasteiger partial charge in [-0.15, -0.1) is 0 Å². The molecule has 3 heteroatoms. The van der Waals surface area contributed by atoms with Crippen molar-refractivity contribution in [2.24, 2.45) is 0 Å². The van der Waals surface area contributed by atoms with Gasteiger partial charge in [0.2, 0.25) is 0 Å². The van der Waals surface area contributed by atoms with Gasteiger partial charge < -0.3 is 9.80 Å². The predicted octanol–water partition coefficient (Wildman–Crippen LogP) is 3.25. The van der Waals surface area contributed by atoms with Crippen LogP contribution in [0.5, 0.6) is 0 Å². The van der Waals surface area contributed by atoms with Crippen LogP contribution < -0.4 is 0 Å². The van der Waals surface area contributed by atoms with E-state index >= 15 is 0 Å². The van der Waals surface area contributed by atoms with Gasteiger partial charge in [0.25, 0.3) is 0 Å². The van der Waals surface area contributed by atoms with Crippen molar-refractivity contribution in [2.45, 2.75) is 64.3 Å². The third-order valence-electron chi connectivity index (χ3n) is 3.86. The molecule has 1 heterocycles. The predicted molar refractivity (Wildman–Crippen MR) is 70.1 cm³/mol. The van der Waals surface area contributed by atoms with E-state index in [4.69, 9.17) is 0 Å². The van der Waals surface area contributed by atoms with Crippen molar-refractivity contribution >= 4 is 6.03 Å². The quantitative estimate of drug-likeness (QED) is 0.737. The summed E-state index contributed by atoms with van der Waals surface area (Å²) in [4.78, 5) is 16.7. The molecule has 1 aliphatic carbocycles. The Morgan fingerprint density at radius 2 is 1.82 bits per heavy atom. The summed E-state index contributed by atoms with van der Waals surface area (Å²) in [5.74, 6) is 0. The maximum absolute atomic E-state index is 12.5. The van der Waals surface area contributed by atoms with Crippen molar-refractivity contribution in [3.05, 3.63) is 0 Å². The minimum atomic E-state index is 0.322. The van der Waals surface area contributed by atoms with E-state index in [1.165, 1.54) is 44.9 Å². The van der Waals surface area contributed by atoms with Crippen LogP contribution in [0, 0.1) is 0 Å². The number of carbonyl (C=O) groups is 1. The van der Waals surface area contributed by atoms with E-state index in [9.17, 15) is 4.79 Å². The van der Waals surface area contributed by atoms with Gasteiger partial charge in [-0.3, -0.25) is 0 Å². The van der Waals surface area contributed by atoms with Gasteiger partial charge in [0, 0.05) is 25.7 Å². The Bertz CT molecular complexity index is 243. The Kier molecular flexibility index (Phi) is 4.69. The molecule has 1 aliphatic heterocycles. The third-order valence-corrected chi connectivity index (χ3v) is 3.86. The molecule has 0 unspecified atom stereocenters. The molecule has 0 aromatic heterocycles. The first-order chi connectivity index (χ1) is 8.33. The van der Waals surface area contributed by atoms with Crippen LogP contribution in [0.4, 0.5) is 4.79 Å². The van der Waals surface area contributed by atoms with Gasteiger partial charge in [-0.05, 0) is 32.1 Å². The zero-order valence-corrected chi connectivity index (χ0v) is 11.2. The molecule has 3 nitrogen and oxygen atoms in total. The first-order valence-corrected chi connectivity index (χ1v) is 7.38. The number of likely N-dealkylation sites (tertiary alicyclic amines) is 1. The van der Waals surface area contributed by atoms with Crippen LogP contribution in [0.1, 0.15) is 58.3 Å². The fraction of sp³-hybridized carbons (Fsp3) is 0.929. The molecule has 2 amide bonds. The lowest BCUT2D eigenvalue weighted by atomic mass is 10.2. The van der Waals surface area contributed by atoms with E-state index in [0.717, 1.165) is 26.1 Å². The molecule has 0 aromatic carbocycles. The summed E-state index contributed by atoms with van der Waals surface area (Å²) in [6.45, 7) is 5.13. The summed E-state index contributed by atoms with van der Waals surface area (Å²) < 4.78 is 0. The Labute approximate surface area is 105 Å². The number of hydrogen-bond acceptors (Lipinski definition) is 1. The molecule has 2 aliphatic rings. The van der Waals surface area contributed by atoms with Gasteiger partial charge in [-0.1, -0.05) is 26.2 Å². The third kappa shape index (κ3) is 3.62. The lowest BCUT2D eigenvalue weighted by Gasteiger charge is -2.30. The first kappa shape index (κ1) is 12.7. The Morgan fingerprint density at radius 3 is 2.35 bits per heavy atom. The van der Waals surface area contributed by atoms with Crippen molar-refractivity contribution in [1.82, 2.24) is 9.80 Å². The van der Waals surface area contributed by atoms with Crippen LogP contribution in [0.15, 0.2) is 0 Å². The normalized spacial score (nSPS) is 21.1. The monoisotopic (exact) mass is 238 g/mol. The van der Waals surface area contributed by atoms with Crippen molar-refractivity contribution in [3.8, 4) is 0 Å². The molecule has 2 rings (SSSR count). The van der Waals surface area contributed by atoms with Crippen LogP contribution in [-0.4, -0.2) is 41.5 Å². The minimum Gasteiger partial charge on any atom is -0.325 e. The summed E-state index contributed by atoms with van der Waals surface area (Å²) in [5, 5.41) is 0. The van der Waals surface area contributed by atoms with Crippen LogP contribution in [0.3, 0.4) is 0 Å². The molecular weight excluding hydrogens is 212 g/mol. The van der Waals surface area contributed by atoms with Crippen LogP contribution in [0.25, 0.3) is 0 Å². The van der Waals surface area contributed by atoms with Gasteiger partial charge in [-0.25, -0.2) is 4.79 Å². The average molecular weight is 238 g/mol. The number of rotatable bonds is 4. The van der Waals surface area contributed by atoms with Gasteiger partial charge in [-0.2, -0.15) is 0 Å². The molecule has 0 aromatic rings. The Balaban J connectivity index is 1.89. The second kappa shape index (κ2) is 6.27. The summed E-state index contributed by atoms with van der Waals surface area (Å²) in [6.07, 6.45) is 9.75. The standard InChI is InChI=1S/C14H26N2O/c1-2-3-12-16(13-8-9-13)14(17)15-10-6-4-5-7-11-15/h13H,2-12H2,1H3. The van der Waals surface area contributed by atoms with E-state index in [-0.39, 0.29) is 0 Å². The highest BCUT2D eigenvalue weighted by molar-refractivity contribution is 5.75. The molecular formula is C14H26N2O. The number of hydrogen-bond donors (Lipinski definition) is 0. The molecule has 1 saturated carbocycles. The first-order valence-electron chi connectivity index (χ1n) is 7.38. The lowest BCUT2D eigenvalue weighted by Crippen LogP contribution is -2.45. The summed E-state index contributed by atoms with van der Waals surface area (Å²) >= 11 is 0. The highest BCUT2D eigenvalue weighted by Crippen LogP contribution is 2.28. The van der Waals surface area contributed by atoms with Gasteiger partial charge in [0.1, 0.15) is 0 Å². The molecule has 0 spiro atoms. The zero-order chi connectivity index (χ0) is 12.1. The molecule has 17 heavy (non-hydrogen) atoms. The Hall–Kier alpha value is -0.730. The second-order valence-electron chi connectivity index (χ2n) is 5.46. The molecule has 98 valence electrons. The Morgan fingerprint density at radius 1 is 1.18 bits per heavy atom. The van der Waals surface area contributed by atoms with Crippen molar-refractivity contribution in [2.75, 3.05) is 19.6 Å².